The number of carbonyl (C=O) groups excluding carboxylic acids is 3. The summed E-state index contributed by atoms with van der Waals surface area (Å²) in [4.78, 5) is 37.3. The first-order chi connectivity index (χ1) is 11.3. The molecule has 4 atom stereocenters. The summed E-state index contributed by atoms with van der Waals surface area (Å²) in [5.74, 6) is -1.14. The largest absolute Gasteiger partial charge is 0.389 e. The van der Waals surface area contributed by atoms with Crippen LogP contribution in [-0.2, 0) is 14.4 Å². The van der Waals surface area contributed by atoms with Gasteiger partial charge < -0.3 is 5.32 Å². The third-order valence-electron chi connectivity index (χ3n) is 5.08. The fraction of sp³-hybridized carbons (Fsp3) is 0.688. The third kappa shape index (κ3) is 3.18. The van der Waals surface area contributed by atoms with Gasteiger partial charge in [0.05, 0.1) is 18.3 Å². The van der Waals surface area contributed by atoms with Gasteiger partial charge in [0.25, 0.3) is 0 Å². The maximum Gasteiger partial charge on any atom is 0.389 e. The molecule has 132 valence electrons. The maximum absolute atomic E-state index is 12.4. The van der Waals surface area contributed by atoms with Gasteiger partial charge in [-0.05, 0) is 24.7 Å². The number of rotatable bonds is 6. The van der Waals surface area contributed by atoms with Gasteiger partial charge in [0.2, 0.25) is 17.7 Å². The lowest BCUT2D eigenvalue weighted by Gasteiger charge is -2.17. The molecule has 3 amide bonds. The Balaban J connectivity index is 1.41. The number of carbonyl (C=O) groups is 3. The van der Waals surface area contributed by atoms with Crippen molar-refractivity contribution in [1.29, 1.82) is 0 Å². The van der Waals surface area contributed by atoms with E-state index in [9.17, 15) is 27.6 Å². The first-order valence-electron chi connectivity index (χ1n) is 8.15. The number of imide groups is 1. The Morgan fingerprint density at radius 3 is 2.29 bits per heavy atom. The predicted octanol–water partition coefficient (Wildman–Crippen LogP) is 1.64. The van der Waals surface area contributed by atoms with Crippen LogP contribution >= 0.6 is 0 Å². The summed E-state index contributed by atoms with van der Waals surface area (Å²) >= 11 is 0. The Morgan fingerprint density at radius 1 is 1.17 bits per heavy atom. The van der Waals surface area contributed by atoms with Crippen LogP contribution in [0.1, 0.15) is 25.7 Å². The van der Waals surface area contributed by atoms with Crippen LogP contribution in [0.5, 0.6) is 0 Å². The standard InChI is InChI=1S/C16H19F3N2O3/c17-16(18,19)5-4-11(22)20-6-1-7-21-14(23)12-9-2-3-10(8-9)13(12)15(21)24/h2-3,9-10,12-13H,1,4-8H2,(H,20,22)/t9-,10-,12-,13+/m0/s1. The molecule has 0 aromatic rings. The van der Waals surface area contributed by atoms with Crippen LogP contribution in [-0.4, -0.2) is 41.9 Å². The Bertz CT molecular complexity index is 558. The number of allylic oxidation sites excluding steroid dienone is 2. The lowest BCUT2D eigenvalue weighted by molar-refractivity contribution is -0.144. The van der Waals surface area contributed by atoms with Crippen LogP contribution in [0.15, 0.2) is 12.2 Å². The average Bonchev–Trinajstić information content (AvgIpc) is 3.17. The summed E-state index contributed by atoms with van der Waals surface area (Å²) in [6, 6.07) is 0. The summed E-state index contributed by atoms with van der Waals surface area (Å²) in [7, 11) is 0. The molecule has 1 aliphatic heterocycles. The highest BCUT2D eigenvalue weighted by molar-refractivity contribution is 6.06. The first kappa shape index (κ1) is 17.0. The molecule has 1 heterocycles. The number of likely N-dealkylation sites (tertiary alicyclic amines) is 1. The number of halogens is 3. The van der Waals surface area contributed by atoms with Crippen molar-refractivity contribution in [3.63, 3.8) is 0 Å². The van der Waals surface area contributed by atoms with Gasteiger partial charge in [-0.25, -0.2) is 0 Å². The molecular weight excluding hydrogens is 325 g/mol. The van der Waals surface area contributed by atoms with E-state index in [1.165, 1.54) is 4.90 Å². The minimum Gasteiger partial charge on any atom is -0.356 e. The SMILES string of the molecule is O=C(CCC(F)(F)F)NCCCN1C(=O)[C@@H]2[C@H](C1=O)[C@H]1C=C[C@H]2C1. The van der Waals surface area contributed by atoms with E-state index in [0.717, 1.165) is 6.42 Å². The van der Waals surface area contributed by atoms with E-state index in [1.54, 1.807) is 0 Å². The number of fused-ring (bicyclic) bond motifs is 5. The van der Waals surface area contributed by atoms with E-state index in [1.807, 2.05) is 12.2 Å². The number of hydrogen-bond donors (Lipinski definition) is 1. The van der Waals surface area contributed by atoms with Crippen LogP contribution in [0.2, 0.25) is 0 Å². The van der Waals surface area contributed by atoms with E-state index in [-0.39, 0.29) is 48.6 Å². The summed E-state index contributed by atoms with van der Waals surface area (Å²) in [5.41, 5.74) is 0. The van der Waals surface area contributed by atoms with E-state index in [0.29, 0.717) is 6.42 Å². The highest BCUT2D eigenvalue weighted by Crippen LogP contribution is 2.52. The van der Waals surface area contributed by atoms with Crippen LogP contribution < -0.4 is 5.32 Å². The second-order valence-corrected chi connectivity index (χ2v) is 6.65. The third-order valence-corrected chi connectivity index (χ3v) is 5.08. The van der Waals surface area contributed by atoms with E-state index in [4.69, 9.17) is 0 Å². The number of nitrogens with zero attached hydrogens (tertiary/aromatic N) is 1. The van der Waals surface area contributed by atoms with Crippen molar-refractivity contribution in [2.45, 2.75) is 31.9 Å². The van der Waals surface area contributed by atoms with Gasteiger partial charge in [0.15, 0.2) is 0 Å². The molecule has 24 heavy (non-hydrogen) atoms. The molecule has 2 bridgehead atoms. The lowest BCUT2D eigenvalue weighted by atomic mass is 9.85. The highest BCUT2D eigenvalue weighted by atomic mass is 19.4. The zero-order valence-electron chi connectivity index (χ0n) is 13.0. The summed E-state index contributed by atoms with van der Waals surface area (Å²) in [6.07, 6.45) is -0.863. The lowest BCUT2D eigenvalue weighted by Crippen LogP contribution is -2.36. The molecule has 0 unspecified atom stereocenters. The average molecular weight is 344 g/mol. The Kier molecular flexibility index (Phi) is 4.40. The molecule has 1 N–H and O–H groups in total. The van der Waals surface area contributed by atoms with Gasteiger partial charge in [-0.1, -0.05) is 12.2 Å². The number of amides is 3. The Labute approximate surface area is 137 Å². The predicted molar refractivity (Wildman–Crippen MR) is 77.4 cm³/mol. The molecule has 5 nitrogen and oxygen atoms in total. The second-order valence-electron chi connectivity index (χ2n) is 6.65. The maximum atomic E-state index is 12.4. The van der Waals surface area contributed by atoms with Gasteiger partial charge in [-0.2, -0.15) is 13.2 Å². The Hall–Kier alpha value is -1.86. The molecule has 0 aromatic carbocycles. The van der Waals surface area contributed by atoms with Gasteiger partial charge in [0, 0.05) is 19.5 Å². The molecule has 1 saturated carbocycles. The van der Waals surface area contributed by atoms with E-state index in [2.05, 4.69) is 5.32 Å². The smallest absolute Gasteiger partial charge is 0.356 e. The van der Waals surface area contributed by atoms with Gasteiger partial charge in [-0.3, -0.25) is 19.3 Å². The molecule has 1 saturated heterocycles. The number of nitrogens with one attached hydrogen (secondary N) is 1. The fourth-order valence-electron chi connectivity index (χ4n) is 3.99. The minimum atomic E-state index is -4.35. The van der Waals surface area contributed by atoms with Crippen LogP contribution in [0.4, 0.5) is 13.2 Å². The molecule has 0 spiro atoms. The normalized spacial score (nSPS) is 31.0. The quantitative estimate of drug-likeness (QED) is 0.453. The van der Waals surface area contributed by atoms with Crippen molar-refractivity contribution >= 4 is 17.7 Å². The highest BCUT2D eigenvalue weighted by Gasteiger charge is 2.58. The Morgan fingerprint density at radius 2 is 1.75 bits per heavy atom. The molecule has 2 aliphatic carbocycles. The number of alkyl halides is 3. The zero-order chi connectivity index (χ0) is 17.5. The van der Waals surface area contributed by atoms with E-state index < -0.39 is 24.9 Å². The molecule has 0 radical (unpaired) electrons. The van der Waals surface area contributed by atoms with Crippen molar-refractivity contribution in [2.24, 2.45) is 23.7 Å². The molecule has 0 aromatic heterocycles. The fourth-order valence-corrected chi connectivity index (χ4v) is 3.99. The first-order valence-corrected chi connectivity index (χ1v) is 8.15. The summed E-state index contributed by atoms with van der Waals surface area (Å²) < 4.78 is 36.0. The van der Waals surface area contributed by atoms with Crippen molar-refractivity contribution in [1.82, 2.24) is 10.2 Å². The zero-order valence-corrected chi connectivity index (χ0v) is 13.0. The molecule has 3 rings (SSSR count). The van der Waals surface area contributed by atoms with Crippen LogP contribution in [0, 0.1) is 23.7 Å². The molecular formula is C16H19F3N2O3. The minimum absolute atomic E-state index is 0.147. The van der Waals surface area contributed by atoms with Crippen LogP contribution in [0.3, 0.4) is 0 Å². The molecule has 8 heteroatoms. The van der Waals surface area contributed by atoms with Crippen molar-refractivity contribution in [2.75, 3.05) is 13.1 Å². The van der Waals surface area contributed by atoms with Crippen molar-refractivity contribution < 1.29 is 27.6 Å². The van der Waals surface area contributed by atoms with Gasteiger partial charge in [-0.15, -0.1) is 0 Å². The van der Waals surface area contributed by atoms with Crippen molar-refractivity contribution in [3.8, 4) is 0 Å². The topological polar surface area (TPSA) is 66.5 Å². The van der Waals surface area contributed by atoms with Gasteiger partial charge >= 0.3 is 6.18 Å². The second kappa shape index (κ2) is 6.22. The number of hydrogen-bond acceptors (Lipinski definition) is 3. The van der Waals surface area contributed by atoms with Crippen molar-refractivity contribution in [3.05, 3.63) is 12.2 Å². The monoisotopic (exact) mass is 344 g/mol. The van der Waals surface area contributed by atoms with Gasteiger partial charge in [0.1, 0.15) is 0 Å². The van der Waals surface area contributed by atoms with E-state index >= 15 is 0 Å². The summed E-state index contributed by atoms with van der Waals surface area (Å²) in [5, 5.41) is 2.39. The molecule has 2 fully saturated rings. The summed E-state index contributed by atoms with van der Waals surface area (Å²) in [6.45, 7) is 0.345. The van der Waals surface area contributed by atoms with Crippen LogP contribution in [0.25, 0.3) is 0 Å². The molecule has 3 aliphatic rings.